The molecule has 0 aliphatic carbocycles. The molecule has 0 bridgehead atoms. The minimum absolute atomic E-state index is 0.814. The monoisotopic (exact) mass is 225 g/mol. The van der Waals surface area contributed by atoms with E-state index in [0.29, 0.717) is 0 Å². The third-order valence-electron chi connectivity index (χ3n) is 3.23. The van der Waals surface area contributed by atoms with E-state index in [1.807, 2.05) is 6.07 Å². The Morgan fingerprint density at radius 3 is 2.76 bits per heavy atom. The SMILES string of the molecule is CN1CCc2cc(-c3ncccn3)ccc2C1. The molecule has 3 heteroatoms. The van der Waals surface area contributed by atoms with Gasteiger partial charge in [-0.2, -0.15) is 0 Å². The van der Waals surface area contributed by atoms with Crippen molar-refractivity contribution in [3.8, 4) is 11.4 Å². The van der Waals surface area contributed by atoms with E-state index in [1.165, 1.54) is 11.1 Å². The lowest BCUT2D eigenvalue weighted by atomic mass is 9.97. The van der Waals surface area contributed by atoms with E-state index in [0.717, 1.165) is 30.9 Å². The molecule has 0 amide bonds. The second-order valence-electron chi connectivity index (χ2n) is 4.54. The molecule has 0 saturated heterocycles. The average molecular weight is 225 g/mol. The molecule has 1 aliphatic heterocycles. The molecule has 0 N–H and O–H groups in total. The van der Waals surface area contributed by atoms with Crippen LogP contribution in [0.5, 0.6) is 0 Å². The van der Waals surface area contributed by atoms with Gasteiger partial charge in [-0.1, -0.05) is 12.1 Å². The first-order chi connectivity index (χ1) is 8.33. The van der Waals surface area contributed by atoms with Gasteiger partial charge in [0.1, 0.15) is 0 Å². The summed E-state index contributed by atoms with van der Waals surface area (Å²) in [6.45, 7) is 2.18. The van der Waals surface area contributed by atoms with Crippen molar-refractivity contribution in [2.24, 2.45) is 0 Å². The topological polar surface area (TPSA) is 29.0 Å². The van der Waals surface area contributed by atoms with Gasteiger partial charge in [0.2, 0.25) is 0 Å². The standard InChI is InChI=1S/C14H15N3/c1-17-8-5-11-9-12(3-4-13(11)10-17)14-15-6-2-7-16-14/h2-4,6-7,9H,5,8,10H2,1H3. The van der Waals surface area contributed by atoms with E-state index < -0.39 is 0 Å². The zero-order valence-corrected chi connectivity index (χ0v) is 9.93. The highest BCUT2D eigenvalue weighted by molar-refractivity contribution is 5.57. The first-order valence-corrected chi connectivity index (χ1v) is 5.91. The number of hydrogen-bond acceptors (Lipinski definition) is 3. The molecule has 0 saturated carbocycles. The van der Waals surface area contributed by atoms with E-state index >= 15 is 0 Å². The fourth-order valence-corrected chi connectivity index (χ4v) is 2.28. The Labute approximate surface area is 101 Å². The van der Waals surface area contributed by atoms with Gasteiger partial charge < -0.3 is 4.90 Å². The maximum Gasteiger partial charge on any atom is 0.159 e. The molecule has 1 aromatic carbocycles. The first kappa shape index (κ1) is 10.4. The summed E-state index contributed by atoms with van der Waals surface area (Å²) in [6.07, 6.45) is 4.69. The molecule has 1 aliphatic rings. The normalized spacial score (nSPS) is 15.6. The average Bonchev–Trinajstić information content (AvgIpc) is 2.39. The van der Waals surface area contributed by atoms with E-state index in [2.05, 4.69) is 40.1 Å². The molecule has 17 heavy (non-hydrogen) atoms. The predicted octanol–water partition coefficient (Wildman–Crippen LogP) is 2.13. The van der Waals surface area contributed by atoms with Gasteiger partial charge in [-0.15, -0.1) is 0 Å². The Hall–Kier alpha value is -1.74. The van der Waals surface area contributed by atoms with Crippen molar-refractivity contribution < 1.29 is 0 Å². The third kappa shape index (κ3) is 2.06. The van der Waals surface area contributed by atoms with Crippen molar-refractivity contribution >= 4 is 0 Å². The fraction of sp³-hybridized carbons (Fsp3) is 0.286. The molecule has 0 unspecified atom stereocenters. The number of rotatable bonds is 1. The van der Waals surface area contributed by atoms with Crippen LogP contribution < -0.4 is 0 Å². The second-order valence-corrected chi connectivity index (χ2v) is 4.54. The van der Waals surface area contributed by atoms with Crippen LogP contribution in [0.25, 0.3) is 11.4 Å². The van der Waals surface area contributed by atoms with Crippen molar-refractivity contribution in [2.75, 3.05) is 13.6 Å². The zero-order chi connectivity index (χ0) is 11.7. The fourth-order valence-electron chi connectivity index (χ4n) is 2.28. The van der Waals surface area contributed by atoms with Crippen LogP contribution >= 0.6 is 0 Å². The van der Waals surface area contributed by atoms with Crippen molar-refractivity contribution in [2.45, 2.75) is 13.0 Å². The summed E-state index contributed by atoms with van der Waals surface area (Å²) >= 11 is 0. The number of aromatic nitrogens is 2. The summed E-state index contributed by atoms with van der Waals surface area (Å²) < 4.78 is 0. The summed E-state index contributed by atoms with van der Waals surface area (Å²) in [7, 11) is 2.16. The molecule has 1 aromatic heterocycles. The number of fused-ring (bicyclic) bond motifs is 1. The Balaban J connectivity index is 1.99. The lowest BCUT2D eigenvalue weighted by Crippen LogP contribution is -2.26. The molecule has 0 spiro atoms. The maximum atomic E-state index is 4.29. The van der Waals surface area contributed by atoms with Crippen LogP contribution in [0, 0.1) is 0 Å². The van der Waals surface area contributed by atoms with E-state index in [4.69, 9.17) is 0 Å². The van der Waals surface area contributed by atoms with Crippen molar-refractivity contribution in [3.05, 3.63) is 47.8 Å². The number of benzene rings is 1. The van der Waals surface area contributed by atoms with Crippen LogP contribution in [-0.2, 0) is 13.0 Å². The summed E-state index contributed by atoms with van der Waals surface area (Å²) in [6, 6.07) is 8.40. The summed E-state index contributed by atoms with van der Waals surface area (Å²) in [5, 5.41) is 0. The van der Waals surface area contributed by atoms with Crippen LogP contribution in [0.3, 0.4) is 0 Å². The van der Waals surface area contributed by atoms with Gasteiger partial charge in [-0.05, 0) is 36.7 Å². The van der Waals surface area contributed by atoms with Crippen LogP contribution in [0.15, 0.2) is 36.7 Å². The minimum Gasteiger partial charge on any atom is -0.302 e. The highest BCUT2D eigenvalue weighted by Gasteiger charge is 2.13. The van der Waals surface area contributed by atoms with Crippen molar-refractivity contribution in [3.63, 3.8) is 0 Å². The summed E-state index contributed by atoms with van der Waals surface area (Å²) in [5.74, 6) is 0.814. The van der Waals surface area contributed by atoms with Gasteiger partial charge in [-0.25, -0.2) is 9.97 Å². The quantitative estimate of drug-likeness (QED) is 0.744. The molecule has 2 heterocycles. The van der Waals surface area contributed by atoms with Crippen molar-refractivity contribution in [1.82, 2.24) is 14.9 Å². The Kier molecular flexibility index (Phi) is 2.61. The first-order valence-electron chi connectivity index (χ1n) is 5.91. The van der Waals surface area contributed by atoms with Gasteiger partial charge in [0, 0.05) is 31.0 Å². The summed E-state index contributed by atoms with van der Waals surface area (Å²) in [4.78, 5) is 10.9. The van der Waals surface area contributed by atoms with Crippen LogP contribution in [0.4, 0.5) is 0 Å². The highest BCUT2D eigenvalue weighted by atomic mass is 15.1. The van der Waals surface area contributed by atoms with Gasteiger partial charge in [0.15, 0.2) is 5.82 Å². The molecule has 0 radical (unpaired) electrons. The number of likely N-dealkylation sites (N-methyl/N-ethyl adjacent to an activating group) is 1. The molecule has 0 fully saturated rings. The largest absolute Gasteiger partial charge is 0.302 e. The molecule has 86 valence electrons. The molecule has 0 atom stereocenters. The Bertz CT molecular complexity index is 522. The molecule has 3 rings (SSSR count). The molecule has 2 aromatic rings. The highest BCUT2D eigenvalue weighted by Crippen LogP contribution is 2.23. The van der Waals surface area contributed by atoms with Gasteiger partial charge in [-0.3, -0.25) is 0 Å². The third-order valence-corrected chi connectivity index (χ3v) is 3.23. The van der Waals surface area contributed by atoms with Gasteiger partial charge in [0.25, 0.3) is 0 Å². The Morgan fingerprint density at radius 2 is 1.94 bits per heavy atom. The Morgan fingerprint density at radius 1 is 1.12 bits per heavy atom. The second kappa shape index (κ2) is 4.26. The predicted molar refractivity (Wildman–Crippen MR) is 67.5 cm³/mol. The maximum absolute atomic E-state index is 4.29. The molecular formula is C14H15N3. The molecule has 3 nitrogen and oxygen atoms in total. The van der Waals surface area contributed by atoms with Gasteiger partial charge >= 0.3 is 0 Å². The summed E-state index contributed by atoms with van der Waals surface area (Å²) in [5.41, 5.74) is 3.99. The van der Waals surface area contributed by atoms with E-state index in [1.54, 1.807) is 12.4 Å². The number of hydrogen-bond donors (Lipinski definition) is 0. The lowest BCUT2D eigenvalue weighted by molar-refractivity contribution is 0.313. The van der Waals surface area contributed by atoms with Crippen molar-refractivity contribution in [1.29, 1.82) is 0 Å². The lowest BCUT2D eigenvalue weighted by Gasteiger charge is -2.25. The van der Waals surface area contributed by atoms with E-state index in [9.17, 15) is 0 Å². The number of nitrogens with zero attached hydrogens (tertiary/aromatic N) is 3. The van der Waals surface area contributed by atoms with E-state index in [-0.39, 0.29) is 0 Å². The minimum atomic E-state index is 0.814. The van der Waals surface area contributed by atoms with Crippen LogP contribution in [-0.4, -0.2) is 28.5 Å². The molecular weight excluding hydrogens is 210 g/mol. The van der Waals surface area contributed by atoms with Crippen LogP contribution in [0.2, 0.25) is 0 Å². The smallest absolute Gasteiger partial charge is 0.159 e. The van der Waals surface area contributed by atoms with Crippen LogP contribution in [0.1, 0.15) is 11.1 Å². The zero-order valence-electron chi connectivity index (χ0n) is 9.93. The van der Waals surface area contributed by atoms with Gasteiger partial charge in [0.05, 0.1) is 0 Å².